The lowest BCUT2D eigenvalue weighted by Gasteiger charge is -2.20. The Labute approximate surface area is 154 Å². The molecule has 0 saturated carbocycles. The first-order valence-corrected chi connectivity index (χ1v) is 8.68. The van der Waals surface area contributed by atoms with Gasteiger partial charge in [0.05, 0.1) is 19.9 Å². The summed E-state index contributed by atoms with van der Waals surface area (Å²) >= 11 is 0. The van der Waals surface area contributed by atoms with Gasteiger partial charge in [-0.05, 0) is 53.9 Å². The zero-order valence-corrected chi connectivity index (χ0v) is 15.2. The molecule has 134 valence electrons. The maximum Gasteiger partial charge on any atom is 0.118 e. The molecule has 0 saturated heterocycles. The molecule has 0 fully saturated rings. The minimum Gasteiger partial charge on any atom is -0.497 e. The summed E-state index contributed by atoms with van der Waals surface area (Å²) < 4.78 is 10.5. The zero-order chi connectivity index (χ0) is 18.2. The van der Waals surface area contributed by atoms with Gasteiger partial charge in [-0.15, -0.1) is 0 Å². The van der Waals surface area contributed by atoms with Crippen molar-refractivity contribution in [3.8, 4) is 11.5 Å². The first-order chi connectivity index (χ1) is 12.8. The van der Waals surface area contributed by atoms with Crippen LogP contribution in [0.5, 0.6) is 11.5 Å². The van der Waals surface area contributed by atoms with Gasteiger partial charge >= 0.3 is 0 Å². The predicted octanol–water partition coefficient (Wildman–Crippen LogP) is 4.17. The lowest BCUT2D eigenvalue weighted by molar-refractivity contribution is 0.413. The van der Waals surface area contributed by atoms with Crippen molar-refractivity contribution in [2.45, 2.75) is 19.0 Å². The van der Waals surface area contributed by atoms with E-state index in [0.29, 0.717) is 6.54 Å². The van der Waals surface area contributed by atoms with Crippen LogP contribution in [-0.2, 0) is 13.0 Å². The highest BCUT2D eigenvalue weighted by Crippen LogP contribution is 2.23. The molecule has 1 unspecified atom stereocenters. The van der Waals surface area contributed by atoms with Gasteiger partial charge < -0.3 is 14.8 Å². The van der Waals surface area contributed by atoms with Crippen LogP contribution in [0.4, 0.5) is 0 Å². The largest absolute Gasteiger partial charge is 0.497 e. The Morgan fingerprint density at radius 1 is 0.846 bits per heavy atom. The number of nitrogens with zero attached hydrogens (tertiary/aromatic N) is 1. The average Bonchev–Trinajstić information content (AvgIpc) is 2.72. The molecule has 1 heterocycles. The molecule has 1 atom stereocenters. The maximum absolute atomic E-state index is 5.28. The Morgan fingerprint density at radius 3 is 2.08 bits per heavy atom. The van der Waals surface area contributed by atoms with Gasteiger partial charge in [0.25, 0.3) is 0 Å². The molecule has 0 aliphatic carbocycles. The van der Waals surface area contributed by atoms with Gasteiger partial charge in [-0.3, -0.25) is 4.98 Å². The molecule has 4 nitrogen and oxygen atoms in total. The first kappa shape index (κ1) is 18.0. The summed E-state index contributed by atoms with van der Waals surface area (Å²) in [5.74, 6) is 1.73. The third-order valence-electron chi connectivity index (χ3n) is 4.37. The van der Waals surface area contributed by atoms with Crippen LogP contribution in [0.1, 0.15) is 22.9 Å². The summed E-state index contributed by atoms with van der Waals surface area (Å²) in [4.78, 5) is 4.40. The van der Waals surface area contributed by atoms with E-state index in [1.165, 1.54) is 11.1 Å². The molecular formula is C22H24N2O2. The number of ether oxygens (including phenoxy) is 2. The SMILES string of the molecule is COc1ccc(CC(NCc2ccccn2)c2ccc(OC)cc2)cc1. The minimum atomic E-state index is 0.177. The summed E-state index contributed by atoms with van der Waals surface area (Å²) in [6, 6.07) is 22.6. The number of rotatable bonds is 8. The van der Waals surface area contributed by atoms with Gasteiger partial charge in [-0.1, -0.05) is 30.3 Å². The van der Waals surface area contributed by atoms with Crippen LogP contribution in [0, 0.1) is 0 Å². The molecule has 3 rings (SSSR count). The van der Waals surface area contributed by atoms with E-state index in [1.54, 1.807) is 14.2 Å². The zero-order valence-electron chi connectivity index (χ0n) is 15.2. The number of nitrogens with one attached hydrogen (secondary N) is 1. The van der Waals surface area contributed by atoms with Crippen LogP contribution in [0.25, 0.3) is 0 Å². The Bertz CT molecular complexity index is 787. The van der Waals surface area contributed by atoms with E-state index >= 15 is 0 Å². The normalized spacial score (nSPS) is 11.8. The van der Waals surface area contributed by atoms with Crippen LogP contribution < -0.4 is 14.8 Å². The molecule has 2 aromatic carbocycles. The van der Waals surface area contributed by atoms with Crippen molar-refractivity contribution in [3.63, 3.8) is 0 Å². The monoisotopic (exact) mass is 348 g/mol. The van der Waals surface area contributed by atoms with Crippen LogP contribution in [0.15, 0.2) is 72.9 Å². The lowest BCUT2D eigenvalue weighted by Crippen LogP contribution is -2.23. The van der Waals surface area contributed by atoms with Gasteiger partial charge in [0.2, 0.25) is 0 Å². The van der Waals surface area contributed by atoms with E-state index in [9.17, 15) is 0 Å². The molecule has 0 radical (unpaired) electrons. The summed E-state index contributed by atoms with van der Waals surface area (Å²) in [5, 5.41) is 3.63. The van der Waals surface area contributed by atoms with Gasteiger partial charge in [0.15, 0.2) is 0 Å². The molecule has 0 aliphatic heterocycles. The predicted molar refractivity (Wildman–Crippen MR) is 104 cm³/mol. The number of pyridine rings is 1. The van der Waals surface area contributed by atoms with E-state index in [0.717, 1.165) is 23.6 Å². The Balaban J connectivity index is 1.77. The molecule has 1 aromatic heterocycles. The van der Waals surface area contributed by atoms with Gasteiger partial charge in [-0.25, -0.2) is 0 Å². The highest BCUT2D eigenvalue weighted by Gasteiger charge is 2.13. The average molecular weight is 348 g/mol. The topological polar surface area (TPSA) is 43.4 Å². The highest BCUT2D eigenvalue weighted by atomic mass is 16.5. The van der Waals surface area contributed by atoms with Crippen LogP contribution in [-0.4, -0.2) is 19.2 Å². The molecule has 0 amide bonds. The number of aromatic nitrogens is 1. The van der Waals surface area contributed by atoms with Crippen molar-refractivity contribution in [1.82, 2.24) is 10.3 Å². The van der Waals surface area contributed by atoms with E-state index in [4.69, 9.17) is 9.47 Å². The maximum atomic E-state index is 5.28. The molecular weight excluding hydrogens is 324 g/mol. The summed E-state index contributed by atoms with van der Waals surface area (Å²) in [5.41, 5.74) is 3.50. The highest BCUT2D eigenvalue weighted by molar-refractivity contribution is 5.32. The number of hydrogen-bond acceptors (Lipinski definition) is 4. The van der Waals surface area contributed by atoms with Gasteiger partial charge in [0.1, 0.15) is 11.5 Å². The Hall–Kier alpha value is -2.85. The van der Waals surface area contributed by atoms with Crippen molar-refractivity contribution >= 4 is 0 Å². The van der Waals surface area contributed by atoms with Gasteiger partial charge in [0, 0.05) is 18.8 Å². The molecule has 0 bridgehead atoms. The second-order valence-corrected chi connectivity index (χ2v) is 6.08. The fraction of sp³-hybridized carbons (Fsp3) is 0.227. The quantitative estimate of drug-likeness (QED) is 0.663. The third kappa shape index (κ3) is 4.83. The second-order valence-electron chi connectivity index (χ2n) is 6.08. The fourth-order valence-corrected chi connectivity index (χ4v) is 2.87. The number of hydrogen-bond donors (Lipinski definition) is 1. The van der Waals surface area contributed by atoms with E-state index in [1.807, 2.05) is 48.7 Å². The minimum absolute atomic E-state index is 0.177. The van der Waals surface area contributed by atoms with E-state index in [-0.39, 0.29) is 6.04 Å². The van der Waals surface area contributed by atoms with Crippen molar-refractivity contribution < 1.29 is 9.47 Å². The first-order valence-electron chi connectivity index (χ1n) is 8.68. The van der Waals surface area contributed by atoms with Crippen LogP contribution in [0.2, 0.25) is 0 Å². The molecule has 4 heteroatoms. The molecule has 3 aromatic rings. The third-order valence-corrected chi connectivity index (χ3v) is 4.37. The smallest absolute Gasteiger partial charge is 0.118 e. The molecule has 26 heavy (non-hydrogen) atoms. The van der Waals surface area contributed by atoms with E-state index in [2.05, 4.69) is 34.6 Å². The number of benzene rings is 2. The molecule has 0 aliphatic rings. The molecule has 0 spiro atoms. The van der Waals surface area contributed by atoms with Crippen molar-refractivity contribution in [2.75, 3.05) is 14.2 Å². The van der Waals surface area contributed by atoms with Gasteiger partial charge in [-0.2, -0.15) is 0 Å². The molecule has 1 N–H and O–H groups in total. The summed E-state index contributed by atoms with van der Waals surface area (Å²) in [7, 11) is 3.37. The van der Waals surface area contributed by atoms with Crippen molar-refractivity contribution in [1.29, 1.82) is 0 Å². The second kappa shape index (κ2) is 9.02. The summed E-state index contributed by atoms with van der Waals surface area (Å²) in [6.07, 6.45) is 2.70. The number of methoxy groups -OCH3 is 2. The lowest BCUT2D eigenvalue weighted by atomic mass is 9.98. The van der Waals surface area contributed by atoms with Crippen molar-refractivity contribution in [3.05, 3.63) is 89.7 Å². The Morgan fingerprint density at radius 2 is 1.50 bits per heavy atom. The van der Waals surface area contributed by atoms with Crippen LogP contribution >= 0.6 is 0 Å². The van der Waals surface area contributed by atoms with E-state index < -0.39 is 0 Å². The van der Waals surface area contributed by atoms with Crippen LogP contribution in [0.3, 0.4) is 0 Å². The summed E-state index contributed by atoms with van der Waals surface area (Å²) in [6.45, 7) is 0.716. The Kier molecular flexibility index (Phi) is 6.23. The van der Waals surface area contributed by atoms with Crippen molar-refractivity contribution in [2.24, 2.45) is 0 Å². The standard InChI is InChI=1S/C22H24N2O2/c1-25-20-10-6-17(7-11-20)15-22(18-8-12-21(26-2)13-9-18)24-16-19-5-3-4-14-23-19/h3-14,22,24H,15-16H2,1-2H3. The fourth-order valence-electron chi connectivity index (χ4n) is 2.87.